The minimum absolute atomic E-state index is 0. The van der Waals surface area contributed by atoms with E-state index in [1.165, 1.54) is 42.4 Å². The third-order valence-electron chi connectivity index (χ3n) is 17.9. The summed E-state index contributed by atoms with van der Waals surface area (Å²) in [6.07, 6.45) is 26.3. The van der Waals surface area contributed by atoms with Crippen molar-refractivity contribution in [3.8, 4) is 62.8 Å². The molecule has 0 unspecified atom stereocenters. The van der Waals surface area contributed by atoms with E-state index in [-0.39, 0.29) is 69.1 Å². The van der Waals surface area contributed by atoms with Crippen molar-refractivity contribution in [3.63, 3.8) is 0 Å². The van der Waals surface area contributed by atoms with Crippen molar-refractivity contribution in [2.45, 2.75) is 94.3 Å². The maximum absolute atomic E-state index is 13.9. The molecule has 628 valence electrons. The van der Waals surface area contributed by atoms with Crippen LogP contribution in [0.4, 0.5) is 37.5 Å². The van der Waals surface area contributed by atoms with Crippen molar-refractivity contribution < 1.29 is 57.3 Å². The average Bonchev–Trinajstić information content (AvgIpc) is 1.62. The molecule has 18 rings (SSSR count). The van der Waals surface area contributed by atoms with E-state index in [0.717, 1.165) is 192 Å². The first-order valence-electron chi connectivity index (χ1n) is 36.2. The molecule has 5 N–H and O–H groups in total. The second-order valence-corrected chi connectivity index (χ2v) is 28.1. The molecule has 0 atom stereocenters. The molecule has 0 spiro atoms. The highest BCUT2D eigenvalue weighted by molar-refractivity contribution is 9.09. The Morgan fingerprint density at radius 3 is 1.61 bits per heavy atom. The maximum atomic E-state index is 13.9. The summed E-state index contributed by atoms with van der Waals surface area (Å²) < 4.78 is 66.4. The van der Waals surface area contributed by atoms with Crippen molar-refractivity contribution in [2.75, 3.05) is 69.0 Å². The van der Waals surface area contributed by atoms with Crippen LogP contribution < -0.4 is 39.5 Å². The third-order valence-corrected chi connectivity index (χ3v) is 19.6. The Bertz CT molecular complexity index is 5600. The number of nitrogens with zero attached hydrogens (tertiary/aromatic N) is 11. The lowest BCUT2D eigenvalue weighted by Crippen LogP contribution is -2.02. The molecule has 0 bridgehead atoms. The van der Waals surface area contributed by atoms with Gasteiger partial charge in [0, 0.05) is 137 Å². The van der Waals surface area contributed by atoms with Gasteiger partial charge >= 0.3 is 11.4 Å². The highest BCUT2D eigenvalue weighted by Crippen LogP contribution is 2.41. The van der Waals surface area contributed by atoms with E-state index in [1.807, 2.05) is 72.9 Å². The number of nitrogen functional groups attached to an aromatic ring is 1. The number of para-hydroxylation sites is 3. The first-order valence-corrected chi connectivity index (χ1v) is 39.6. The zero-order chi connectivity index (χ0) is 81.3. The zero-order valence-corrected chi connectivity index (χ0v) is 67.6. The average molecular weight is 1820 g/mol. The number of aryl methyl sites for hydroxylation is 3. The van der Waals surface area contributed by atoms with Crippen LogP contribution in [-0.2, 0) is 32.5 Å². The Hall–Kier alpha value is -11.5. The predicted octanol–water partition coefficient (Wildman–Crippen LogP) is 22.4. The number of halogens is 7. The quantitative estimate of drug-likeness (QED) is 0.0149. The number of phenols is 1. The number of hydrogen-bond donors (Lipinski definition) is 4. The number of alkyl halides is 2. The summed E-state index contributed by atoms with van der Waals surface area (Å²) in [5, 5.41) is 47.7. The molecule has 0 fully saturated rings. The summed E-state index contributed by atoms with van der Waals surface area (Å²) in [4.78, 5) is 44.0. The summed E-state index contributed by atoms with van der Waals surface area (Å²) in [7, 11) is 2.65. The van der Waals surface area contributed by atoms with Crippen LogP contribution in [0.25, 0.3) is 67.4 Å². The fourth-order valence-electron chi connectivity index (χ4n) is 12.7. The molecule has 0 saturated heterocycles. The third kappa shape index (κ3) is 24.6. The van der Waals surface area contributed by atoms with E-state index >= 15 is 0 Å². The minimum atomic E-state index is -0.987. The number of phenolic OH excluding ortho intramolecular Hbond substituents is 1. The summed E-state index contributed by atoms with van der Waals surface area (Å²) in [5.74, 6) is 2.70. The van der Waals surface area contributed by atoms with Gasteiger partial charge < -0.3 is 63.4 Å². The van der Waals surface area contributed by atoms with E-state index in [9.17, 15) is 34.1 Å². The molecular weight excluding hydrogens is 1720 g/mol. The Balaban J connectivity index is 0.000000197. The number of ether oxygens (including phenoxy) is 6. The number of benzene rings is 7. The van der Waals surface area contributed by atoms with Crippen LogP contribution in [0.1, 0.15) is 84.1 Å². The van der Waals surface area contributed by atoms with E-state index in [2.05, 4.69) is 153 Å². The lowest BCUT2D eigenvalue weighted by molar-refractivity contribution is -0.387. The fourth-order valence-corrected chi connectivity index (χ4v) is 13.7. The van der Waals surface area contributed by atoms with Gasteiger partial charge in [-0.2, -0.15) is 8.78 Å². The normalized spacial score (nSPS) is 12.2. The second-order valence-electron chi connectivity index (χ2n) is 25.4. The number of nitro groups is 2. The largest absolute Gasteiger partial charge is 0.508 e. The molecule has 0 radical (unpaired) electrons. The van der Waals surface area contributed by atoms with Crippen molar-refractivity contribution >= 4 is 140 Å². The fraction of sp³-hybridized carbons (Fsp3) is 0.264. The highest BCUT2D eigenvalue weighted by Gasteiger charge is 2.24. The second kappa shape index (κ2) is 46.6. The van der Waals surface area contributed by atoms with Crippen LogP contribution in [0.3, 0.4) is 0 Å². The van der Waals surface area contributed by atoms with Gasteiger partial charge in [0.1, 0.15) is 45.4 Å². The minimum Gasteiger partial charge on any atom is -0.508 e. The predicted molar refractivity (Wildman–Crippen MR) is 479 cm³/mol. The summed E-state index contributed by atoms with van der Waals surface area (Å²) in [6, 6.07) is 41.3. The molecule has 2 aliphatic carbocycles. The van der Waals surface area contributed by atoms with Gasteiger partial charge in [0.15, 0.2) is 0 Å². The van der Waals surface area contributed by atoms with Crippen LogP contribution in [-0.4, -0.2) is 122 Å². The van der Waals surface area contributed by atoms with Crippen molar-refractivity contribution in [1.29, 1.82) is 0 Å². The Morgan fingerprint density at radius 1 is 0.580 bits per heavy atom. The van der Waals surface area contributed by atoms with E-state index in [0.29, 0.717) is 29.8 Å². The van der Waals surface area contributed by atoms with E-state index < -0.39 is 32.9 Å². The number of aliphatic hydroxyl groups is 1. The van der Waals surface area contributed by atoms with E-state index in [4.69, 9.17) is 69.3 Å². The number of nitrogens with one attached hydrogen (secondary N) is 1. The van der Waals surface area contributed by atoms with E-state index in [1.54, 1.807) is 30.6 Å². The molecule has 119 heavy (non-hydrogen) atoms. The summed E-state index contributed by atoms with van der Waals surface area (Å²) in [5.41, 5.74) is 16.0. The molecule has 25 nitrogen and oxygen atoms in total. The molecule has 7 aromatic carbocycles. The number of nitro benzene ring substituents is 2. The van der Waals surface area contributed by atoms with Crippen LogP contribution >= 0.6 is 66.7 Å². The van der Waals surface area contributed by atoms with Crippen LogP contribution in [0, 0.1) is 31.9 Å². The van der Waals surface area contributed by atoms with Gasteiger partial charge in [-0.05, 0) is 134 Å². The van der Waals surface area contributed by atoms with Crippen molar-refractivity contribution in [1.82, 2.24) is 43.6 Å². The van der Waals surface area contributed by atoms with Gasteiger partial charge in [-0.3, -0.25) is 20.2 Å². The SMILES string of the molecule is BrCCCOc1cccc2c1CC=C2.C.C.C.C.COc1cc(F)c([N+](=O)[O-])cc1N.COc1cc(F)c([N+](=O)[O-])cc1Nc1nccc(-c2cn3c4c(cccc24)OCCC3)n1.Clc1ccnc(Cl)n1.Clc1nccc(-c2cn3c4c(cccc24)OCCC3)n1.OCCCBr.Oc1cccc2c1CC=C2.c1cc2c3c(c1)ccn3CCCO2. The topological polar surface area (TPSA) is 312 Å². The lowest BCUT2D eigenvalue weighted by atomic mass is 10.1. The first-order chi connectivity index (χ1) is 55.9. The number of fused-ring (bicyclic) bond motifs is 2. The molecular formula is C87H94Br2Cl3F2N13O12. The molecule has 9 heterocycles. The molecule has 6 aromatic heterocycles. The van der Waals surface area contributed by atoms with Crippen molar-refractivity contribution in [3.05, 3.63) is 259 Å². The number of anilines is 3. The monoisotopic (exact) mass is 1810 g/mol. The lowest BCUT2D eigenvalue weighted by Gasteiger charge is -2.11. The number of rotatable bonds is 14. The molecule has 13 aromatic rings. The highest BCUT2D eigenvalue weighted by atomic mass is 79.9. The molecule has 0 amide bonds. The standard InChI is InChI=1S/C22H18FN5O4.C15H12ClN3O.C12H13BrO.C11H11NO.C9H8O.C7H7FN2O3.C4H2Cl2N2.C3H7BrO.4CH4/c1-31-20-10-15(23)18(28(29)30)11-17(20)26-22-24-7-6-16(25-22)14-12-27-8-3-9-32-19-5-2-4-13(14)21(19)27;16-15-17-6-5-12(18-15)11-9-19-7-2-8-20-13-4-1-3-10(11)14(13)19;13-8-3-9-14-12-7-2-5-10-4-1-6-11(10)12;1-3-9-5-7-12-6-2-8-13-10(4-1)11(9)12;10-9-6-2-4-7-3-1-5-8(7)9;1-13-7-2-4(8)6(10(11)12)3-5(7)9;5-3-1-2-7-4(6)8-3;4-2-1-3-5;;;;/h2,4-7,10-12H,3,8-9H2,1H3,(H,24,25,26);1,3-6,9H,2,7-8H2;1-2,4-5,7H,3,6,8-9H2;1,3-5,7H,2,6,8H2;1-4,6,10H,5H2;2-3H,9H2,1H3;1-2H;5H,1-3H2;4*1H4. The molecule has 5 aliphatic rings. The van der Waals surface area contributed by atoms with Gasteiger partial charge in [0.25, 0.3) is 0 Å². The maximum Gasteiger partial charge on any atom is 0.307 e. The van der Waals surface area contributed by atoms with Crippen LogP contribution in [0.2, 0.25) is 15.7 Å². The zero-order valence-electron chi connectivity index (χ0n) is 62.2. The number of methoxy groups -OCH3 is 2. The summed E-state index contributed by atoms with van der Waals surface area (Å²) >= 11 is 23.2. The molecule has 3 aliphatic heterocycles. The first kappa shape index (κ1) is 94.7. The Labute approximate surface area is 721 Å². The van der Waals surface area contributed by atoms with Gasteiger partial charge in [-0.15, -0.1) is 0 Å². The van der Waals surface area contributed by atoms with Crippen LogP contribution in [0.5, 0.6) is 40.2 Å². The number of allylic oxidation sites excluding steroid dienone is 2. The van der Waals surface area contributed by atoms with Gasteiger partial charge in [-0.25, -0.2) is 29.9 Å². The molecule has 32 heteroatoms. The summed E-state index contributed by atoms with van der Waals surface area (Å²) in [6.45, 7) is 6.21. The number of aromatic nitrogens is 9. The van der Waals surface area contributed by atoms with Crippen LogP contribution in [0.15, 0.2) is 189 Å². The number of hydrogen-bond acceptors (Lipinski definition) is 20. The Kier molecular flexibility index (Phi) is 37.1. The smallest absolute Gasteiger partial charge is 0.307 e. The van der Waals surface area contributed by atoms with Crippen molar-refractivity contribution in [2.24, 2.45) is 0 Å². The number of aliphatic hydroxyl groups excluding tert-OH is 1. The van der Waals surface area contributed by atoms with Gasteiger partial charge in [0.05, 0.1) is 89.8 Å². The van der Waals surface area contributed by atoms with Gasteiger partial charge in [-0.1, -0.05) is 158 Å². The van der Waals surface area contributed by atoms with Gasteiger partial charge in [0.2, 0.25) is 28.1 Å². The number of nitrogens with two attached hydrogens (primary N) is 1. The molecule has 0 saturated carbocycles. The Morgan fingerprint density at radius 2 is 1.08 bits per heavy atom. The number of aromatic hydroxyl groups is 1.